The molecule has 0 aromatic rings. The van der Waals surface area contributed by atoms with Crippen LogP contribution in [0.15, 0.2) is 5.16 Å². The van der Waals surface area contributed by atoms with Crippen LogP contribution in [-0.2, 0) is 0 Å². The average Bonchev–Trinajstić information content (AvgIpc) is 3.07. The van der Waals surface area contributed by atoms with Crippen molar-refractivity contribution in [1.82, 2.24) is 0 Å². The molecule has 0 unspecified atom stereocenters. The number of rotatable bonds is 5. The summed E-state index contributed by atoms with van der Waals surface area (Å²) < 4.78 is 0. The lowest BCUT2D eigenvalue weighted by molar-refractivity contribution is -0.139. The SMILES string of the molecule is CC(C)CCC[C@@H](C)[C@H]1CC[C@H]2[C@@H]3C/C(=N/O)[C@@H]4[C@@H](O)[C@@H](O)CC[C@]4(C)[C@H]3CC[C@]12C. The Morgan fingerprint density at radius 3 is 2.29 bits per heavy atom. The van der Waals surface area contributed by atoms with Crippen molar-refractivity contribution in [2.45, 2.75) is 111 Å². The Bertz CT molecular complexity index is 677. The van der Waals surface area contributed by atoms with E-state index in [1.165, 1.54) is 44.9 Å². The molecule has 0 spiro atoms. The van der Waals surface area contributed by atoms with E-state index in [0.717, 1.165) is 36.3 Å². The molecule has 4 rings (SSSR count). The van der Waals surface area contributed by atoms with Crippen molar-refractivity contribution in [3.63, 3.8) is 0 Å². The summed E-state index contributed by atoms with van der Waals surface area (Å²) in [6.07, 6.45) is 10.1. The van der Waals surface area contributed by atoms with Crippen molar-refractivity contribution >= 4 is 5.71 Å². The van der Waals surface area contributed by atoms with Crippen molar-refractivity contribution in [1.29, 1.82) is 0 Å². The lowest BCUT2D eigenvalue weighted by atomic mass is 9.43. The average molecular weight is 434 g/mol. The summed E-state index contributed by atoms with van der Waals surface area (Å²) in [5, 5.41) is 34.9. The fraction of sp³-hybridized carbons (Fsp3) is 0.963. The Morgan fingerprint density at radius 2 is 1.61 bits per heavy atom. The van der Waals surface area contributed by atoms with Crippen molar-refractivity contribution in [3.8, 4) is 0 Å². The van der Waals surface area contributed by atoms with E-state index < -0.39 is 12.2 Å². The van der Waals surface area contributed by atoms with Crippen LogP contribution in [0.4, 0.5) is 0 Å². The van der Waals surface area contributed by atoms with Gasteiger partial charge in [-0.1, -0.05) is 59.0 Å². The Hall–Kier alpha value is -0.610. The summed E-state index contributed by atoms with van der Waals surface area (Å²) in [6.45, 7) is 12.1. The summed E-state index contributed by atoms with van der Waals surface area (Å²) in [7, 11) is 0. The maximum Gasteiger partial charge on any atom is 0.0885 e. The van der Waals surface area contributed by atoms with Gasteiger partial charge in [-0.05, 0) is 91.3 Å². The van der Waals surface area contributed by atoms with Crippen LogP contribution in [0.5, 0.6) is 0 Å². The van der Waals surface area contributed by atoms with Gasteiger partial charge >= 0.3 is 0 Å². The molecular weight excluding hydrogens is 386 g/mol. The first-order valence-electron chi connectivity index (χ1n) is 13.2. The van der Waals surface area contributed by atoms with Gasteiger partial charge in [0.25, 0.3) is 0 Å². The molecule has 0 heterocycles. The van der Waals surface area contributed by atoms with Crippen molar-refractivity contribution < 1.29 is 15.4 Å². The third kappa shape index (κ3) is 3.78. The zero-order chi connectivity index (χ0) is 22.6. The number of hydrogen-bond acceptors (Lipinski definition) is 4. The molecule has 31 heavy (non-hydrogen) atoms. The number of nitrogens with zero attached hydrogens (tertiary/aromatic N) is 1. The smallest absolute Gasteiger partial charge is 0.0885 e. The molecule has 3 N–H and O–H groups in total. The van der Waals surface area contributed by atoms with E-state index in [0.29, 0.717) is 29.6 Å². The highest BCUT2D eigenvalue weighted by atomic mass is 16.4. The zero-order valence-corrected chi connectivity index (χ0v) is 20.6. The quantitative estimate of drug-likeness (QED) is 0.374. The minimum Gasteiger partial charge on any atom is -0.411 e. The summed E-state index contributed by atoms with van der Waals surface area (Å²) in [5.41, 5.74) is 1.09. The van der Waals surface area contributed by atoms with Crippen LogP contribution < -0.4 is 0 Å². The maximum atomic E-state index is 10.9. The molecule has 0 amide bonds. The van der Waals surface area contributed by atoms with Gasteiger partial charge in [-0.3, -0.25) is 0 Å². The van der Waals surface area contributed by atoms with E-state index in [-0.39, 0.29) is 11.3 Å². The third-order valence-corrected chi connectivity index (χ3v) is 10.8. The van der Waals surface area contributed by atoms with Crippen LogP contribution in [0.25, 0.3) is 0 Å². The Kier molecular flexibility index (Phi) is 6.55. The molecule has 178 valence electrons. The van der Waals surface area contributed by atoms with Crippen LogP contribution in [0, 0.1) is 52.3 Å². The van der Waals surface area contributed by atoms with Crippen LogP contribution in [-0.4, -0.2) is 33.3 Å². The van der Waals surface area contributed by atoms with Gasteiger partial charge in [0.05, 0.1) is 17.9 Å². The van der Waals surface area contributed by atoms with E-state index in [2.05, 4.69) is 39.8 Å². The minimum absolute atomic E-state index is 0.0641. The highest BCUT2D eigenvalue weighted by molar-refractivity contribution is 5.89. The topological polar surface area (TPSA) is 73.1 Å². The van der Waals surface area contributed by atoms with E-state index in [1.54, 1.807) is 0 Å². The molecule has 4 fully saturated rings. The van der Waals surface area contributed by atoms with Gasteiger partial charge in [0.15, 0.2) is 0 Å². The van der Waals surface area contributed by atoms with Gasteiger partial charge in [-0.25, -0.2) is 0 Å². The lowest BCUT2D eigenvalue weighted by Gasteiger charge is -2.61. The van der Waals surface area contributed by atoms with Crippen molar-refractivity contribution in [2.24, 2.45) is 57.4 Å². The van der Waals surface area contributed by atoms with Gasteiger partial charge < -0.3 is 15.4 Å². The standard InChI is InChI=1S/C27H47NO3/c1-16(2)7-6-8-17(3)19-9-10-20-18-15-22(28-31)24-25(30)23(29)12-14-27(24,5)21(18)11-13-26(19,20)4/h16-21,23-25,29-31H,6-15H2,1-5H3/b28-22-/t17-,18+,19-,20+,21+,23+,24-,25+,26-,27-/m1/s1. The third-order valence-electron chi connectivity index (χ3n) is 10.8. The normalized spacial score (nSPS) is 49.5. The summed E-state index contributed by atoms with van der Waals surface area (Å²) in [6, 6.07) is 0. The molecule has 10 atom stereocenters. The molecule has 0 aromatic heterocycles. The van der Waals surface area contributed by atoms with E-state index >= 15 is 0 Å². The molecule has 0 aliphatic heterocycles. The van der Waals surface area contributed by atoms with Crippen LogP contribution >= 0.6 is 0 Å². The molecule has 0 saturated heterocycles. The van der Waals surface area contributed by atoms with E-state index in [4.69, 9.17) is 0 Å². The molecule has 4 aliphatic carbocycles. The zero-order valence-electron chi connectivity index (χ0n) is 20.6. The van der Waals surface area contributed by atoms with Crippen LogP contribution in [0.1, 0.15) is 98.8 Å². The predicted molar refractivity (Wildman–Crippen MR) is 125 cm³/mol. The van der Waals surface area contributed by atoms with Gasteiger partial charge in [0.2, 0.25) is 0 Å². The lowest BCUT2D eigenvalue weighted by Crippen LogP contribution is -2.61. The molecule has 4 nitrogen and oxygen atoms in total. The van der Waals surface area contributed by atoms with Gasteiger partial charge in [-0.2, -0.15) is 0 Å². The first-order chi connectivity index (χ1) is 14.6. The minimum atomic E-state index is -0.795. The van der Waals surface area contributed by atoms with Crippen molar-refractivity contribution in [2.75, 3.05) is 0 Å². The highest BCUT2D eigenvalue weighted by Crippen LogP contribution is 2.68. The molecule has 0 aromatic carbocycles. The van der Waals surface area contributed by atoms with Crippen LogP contribution in [0.3, 0.4) is 0 Å². The second-order valence-corrected chi connectivity index (χ2v) is 12.8. The second kappa shape index (κ2) is 8.63. The second-order valence-electron chi connectivity index (χ2n) is 12.8. The Labute approximate surface area is 189 Å². The monoisotopic (exact) mass is 433 g/mol. The Morgan fingerprint density at radius 1 is 0.935 bits per heavy atom. The largest absolute Gasteiger partial charge is 0.411 e. The summed E-state index contributed by atoms with van der Waals surface area (Å²) in [4.78, 5) is 0. The fourth-order valence-corrected chi connectivity index (χ4v) is 9.28. The maximum absolute atomic E-state index is 10.9. The highest BCUT2D eigenvalue weighted by Gasteiger charge is 2.63. The number of aliphatic hydroxyl groups excluding tert-OH is 2. The molecule has 4 heteroatoms. The molecule has 0 bridgehead atoms. The van der Waals surface area contributed by atoms with Gasteiger partial charge in [0.1, 0.15) is 0 Å². The molecular formula is C27H47NO3. The number of oxime groups is 1. The fourth-order valence-electron chi connectivity index (χ4n) is 9.28. The molecule has 0 radical (unpaired) electrons. The van der Waals surface area contributed by atoms with Crippen LogP contribution in [0.2, 0.25) is 0 Å². The number of hydrogen-bond donors (Lipinski definition) is 3. The number of aliphatic hydroxyl groups is 2. The predicted octanol–water partition coefficient (Wildman–Crippen LogP) is 5.88. The van der Waals surface area contributed by atoms with Crippen molar-refractivity contribution in [3.05, 3.63) is 0 Å². The first-order valence-corrected chi connectivity index (χ1v) is 13.2. The summed E-state index contributed by atoms with van der Waals surface area (Å²) in [5.74, 6) is 4.02. The Balaban J connectivity index is 1.55. The molecule has 4 saturated carbocycles. The first kappa shape index (κ1) is 23.5. The van der Waals surface area contributed by atoms with E-state index in [9.17, 15) is 15.4 Å². The van der Waals surface area contributed by atoms with Gasteiger partial charge in [0, 0.05) is 5.92 Å². The summed E-state index contributed by atoms with van der Waals surface area (Å²) >= 11 is 0. The van der Waals surface area contributed by atoms with Gasteiger partial charge in [-0.15, -0.1) is 0 Å². The number of fused-ring (bicyclic) bond motifs is 5. The molecule has 4 aliphatic rings. The van der Waals surface area contributed by atoms with E-state index in [1.807, 2.05) is 0 Å².